The Bertz CT molecular complexity index is 846. The second-order valence-electron chi connectivity index (χ2n) is 6.67. The maximum Gasteiger partial charge on any atom is 0.241 e. The summed E-state index contributed by atoms with van der Waals surface area (Å²) in [7, 11) is 3.24. The zero-order chi connectivity index (χ0) is 20.1. The molecule has 0 radical (unpaired) electrons. The molecule has 0 N–H and O–H groups in total. The third-order valence-corrected chi connectivity index (χ3v) is 5.02. The van der Waals surface area contributed by atoms with E-state index in [4.69, 9.17) is 9.47 Å². The number of carbonyl (C=O) groups is 1. The van der Waals surface area contributed by atoms with Gasteiger partial charge in [0.25, 0.3) is 0 Å². The fourth-order valence-electron chi connectivity index (χ4n) is 3.49. The molecule has 1 saturated heterocycles. The van der Waals surface area contributed by atoms with Crippen LogP contribution < -0.4 is 9.47 Å². The van der Waals surface area contributed by atoms with E-state index < -0.39 is 5.92 Å². The molecule has 0 aliphatic carbocycles. The Labute approximate surface area is 164 Å². The molecule has 0 aromatic heterocycles. The van der Waals surface area contributed by atoms with Crippen molar-refractivity contribution in [2.75, 3.05) is 14.2 Å². The van der Waals surface area contributed by atoms with Gasteiger partial charge in [0.2, 0.25) is 5.91 Å². The summed E-state index contributed by atoms with van der Waals surface area (Å²) in [6.45, 7) is 3.66. The van der Waals surface area contributed by atoms with Crippen molar-refractivity contribution in [2.24, 2.45) is 5.92 Å². The number of benzene rings is 2. The molecule has 2 aromatic rings. The van der Waals surface area contributed by atoms with Gasteiger partial charge in [-0.1, -0.05) is 30.3 Å². The van der Waals surface area contributed by atoms with Crippen LogP contribution in [0.5, 0.6) is 11.5 Å². The Morgan fingerprint density at radius 2 is 1.46 bits per heavy atom. The lowest BCUT2D eigenvalue weighted by Crippen LogP contribution is -2.55. The minimum atomic E-state index is -0.563. The molecule has 1 fully saturated rings. The molecule has 1 amide bonds. The van der Waals surface area contributed by atoms with E-state index in [1.54, 1.807) is 19.1 Å². The van der Waals surface area contributed by atoms with E-state index in [2.05, 4.69) is 6.58 Å². The summed E-state index contributed by atoms with van der Waals surface area (Å²) in [5, 5.41) is 0. The topological polar surface area (TPSA) is 55.8 Å². The largest absolute Gasteiger partial charge is 0.497 e. The van der Waals surface area contributed by atoms with Crippen molar-refractivity contribution < 1.29 is 19.1 Å². The van der Waals surface area contributed by atoms with Crippen LogP contribution >= 0.6 is 0 Å². The maximum absolute atomic E-state index is 12.6. The molecule has 1 atom stereocenters. The highest BCUT2D eigenvalue weighted by molar-refractivity contribution is 5.96. The second-order valence-corrected chi connectivity index (χ2v) is 6.67. The van der Waals surface area contributed by atoms with E-state index in [-0.39, 0.29) is 11.9 Å². The van der Waals surface area contributed by atoms with Crippen LogP contribution in [0.2, 0.25) is 0 Å². The van der Waals surface area contributed by atoms with Gasteiger partial charge in [0, 0.05) is 6.04 Å². The number of amides is 1. The predicted octanol–water partition coefficient (Wildman–Crippen LogP) is 3.22. The lowest BCUT2D eigenvalue weighted by atomic mass is 9.87. The Balaban J connectivity index is 1.87. The standard InChI is InChI=1S/C23H23NO4/c1-4-21-22(15-25)24(23(21)26)18(13-16-5-9-19(27-2)10-6-16)14-17-7-11-20(28-3)12-8-17/h4-12,18,21H,1,13-14H2,2-3H3. The highest BCUT2D eigenvalue weighted by Gasteiger charge is 2.45. The van der Waals surface area contributed by atoms with Gasteiger partial charge in [-0.25, -0.2) is 4.79 Å². The molecule has 3 rings (SSSR count). The van der Waals surface area contributed by atoms with Crippen molar-refractivity contribution >= 4 is 11.8 Å². The van der Waals surface area contributed by atoms with Gasteiger partial charge < -0.3 is 14.4 Å². The van der Waals surface area contributed by atoms with Crippen LogP contribution in [0.3, 0.4) is 0 Å². The van der Waals surface area contributed by atoms with Gasteiger partial charge in [-0.15, -0.1) is 6.58 Å². The second kappa shape index (κ2) is 8.59. The van der Waals surface area contributed by atoms with Gasteiger partial charge >= 0.3 is 0 Å². The summed E-state index contributed by atoms with van der Waals surface area (Å²) in [5.74, 6) is 2.81. The SMILES string of the molecule is C=CC1C(=O)N(C(Cc2ccc(OC)cc2)Cc2ccc(OC)cc2)C1=C=O. The summed E-state index contributed by atoms with van der Waals surface area (Å²) in [4.78, 5) is 25.6. The zero-order valence-corrected chi connectivity index (χ0v) is 16.1. The molecule has 144 valence electrons. The minimum Gasteiger partial charge on any atom is -0.497 e. The molecular weight excluding hydrogens is 354 g/mol. The fourth-order valence-corrected chi connectivity index (χ4v) is 3.49. The Morgan fingerprint density at radius 3 is 1.82 bits per heavy atom. The lowest BCUT2D eigenvalue weighted by molar-refractivity contribution is -0.141. The molecule has 0 bridgehead atoms. The molecule has 2 aromatic carbocycles. The maximum atomic E-state index is 12.6. The normalized spacial score (nSPS) is 15.8. The van der Waals surface area contributed by atoms with Crippen LogP contribution in [-0.2, 0) is 22.4 Å². The summed E-state index contributed by atoms with van der Waals surface area (Å²) in [6.07, 6.45) is 2.71. The first-order valence-corrected chi connectivity index (χ1v) is 9.07. The molecule has 0 saturated carbocycles. The Kier molecular flexibility index (Phi) is 5.97. The van der Waals surface area contributed by atoms with Crippen LogP contribution in [0.25, 0.3) is 0 Å². The highest BCUT2D eigenvalue weighted by atomic mass is 16.5. The van der Waals surface area contributed by atoms with Gasteiger partial charge in [0.15, 0.2) is 0 Å². The lowest BCUT2D eigenvalue weighted by Gasteiger charge is -2.43. The van der Waals surface area contributed by atoms with Gasteiger partial charge in [-0.2, -0.15) is 0 Å². The van der Waals surface area contributed by atoms with Gasteiger partial charge in [-0.3, -0.25) is 4.79 Å². The van der Waals surface area contributed by atoms with Crippen LogP contribution in [0.4, 0.5) is 0 Å². The van der Waals surface area contributed by atoms with E-state index in [0.717, 1.165) is 22.6 Å². The van der Waals surface area contributed by atoms with Crippen LogP contribution in [0, 0.1) is 5.92 Å². The quantitative estimate of drug-likeness (QED) is 0.403. The summed E-state index contributed by atoms with van der Waals surface area (Å²) >= 11 is 0. The van der Waals surface area contributed by atoms with Crippen molar-refractivity contribution in [2.45, 2.75) is 18.9 Å². The number of nitrogens with zero attached hydrogens (tertiary/aromatic N) is 1. The molecule has 1 heterocycles. The number of rotatable bonds is 8. The van der Waals surface area contributed by atoms with E-state index in [1.165, 1.54) is 6.08 Å². The molecule has 1 unspecified atom stereocenters. The zero-order valence-electron chi connectivity index (χ0n) is 16.1. The third-order valence-electron chi connectivity index (χ3n) is 5.02. The third kappa shape index (κ3) is 3.85. The summed E-state index contributed by atoms with van der Waals surface area (Å²) in [5.41, 5.74) is 2.46. The number of hydrogen-bond acceptors (Lipinski definition) is 4. The van der Waals surface area contributed by atoms with E-state index in [0.29, 0.717) is 18.5 Å². The van der Waals surface area contributed by atoms with Crippen molar-refractivity contribution in [3.63, 3.8) is 0 Å². The molecular formula is C23H23NO4. The number of likely N-dealkylation sites (tertiary alicyclic amines) is 1. The Hall–Kier alpha value is -3.30. The van der Waals surface area contributed by atoms with Crippen molar-refractivity contribution in [1.29, 1.82) is 0 Å². The van der Waals surface area contributed by atoms with Gasteiger partial charge in [0.05, 0.1) is 14.2 Å². The number of methoxy groups -OCH3 is 2. The monoisotopic (exact) mass is 377 g/mol. The molecule has 5 nitrogen and oxygen atoms in total. The van der Waals surface area contributed by atoms with Crippen LogP contribution in [0.1, 0.15) is 11.1 Å². The molecule has 1 aliphatic heterocycles. The molecule has 0 spiro atoms. The van der Waals surface area contributed by atoms with Crippen molar-refractivity contribution in [3.8, 4) is 11.5 Å². The predicted molar refractivity (Wildman–Crippen MR) is 107 cm³/mol. The Morgan fingerprint density at radius 1 is 1.00 bits per heavy atom. The van der Waals surface area contributed by atoms with Crippen LogP contribution in [-0.4, -0.2) is 37.0 Å². The number of hydrogen-bond donors (Lipinski definition) is 0. The minimum absolute atomic E-state index is 0.111. The molecule has 1 aliphatic rings. The van der Waals surface area contributed by atoms with Crippen molar-refractivity contribution in [3.05, 3.63) is 78.0 Å². The number of β-lactam (4-membered cyclic amide) rings is 1. The number of carbonyl (C=O) groups excluding carboxylic acids is 2. The van der Waals surface area contributed by atoms with Crippen molar-refractivity contribution in [1.82, 2.24) is 4.90 Å². The van der Waals surface area contributed by atoms with E-state index >= 15 is 0 Å². The first-order chi connectivity index (χ1) is 13.6. The first-order valence-electron chi connectivity index (χ1n) is 9.07. The van der Waals surface area contributed by atoms with Gasteiger partial charge in [-0.05, 0) is 48.2 Å². The summed E-state index contributed by atoms with van der Waals surface area (Å²) in [6, 6.07) is 15.3. The smallest absolute Gasteiger partial charge is 0.241 e. The summed E-state index contributed by atoms with van der Waals surface area (Å²) < 4.78 is 10.4. The average Bonchev–Trinajstić information content (AvgIpc) is 2.73. The highest BCUT2D eigenvalue weighted by Crippen LogP contribution is 2.34. The first kappa shape index (κ1) is 19.5. The van der Waals surface area contributed by atoms with E-state index in [9.17, 15) is 9.59 Å². The number of ether oxygens (including phenoxy) is 2. The van der Waals surface area contributed by atoms with E-state index in [1.807, 2.05) is 54.5 Å². The van der Waals surface area contributed by atoms with Crippen LogP contribution in [0.15, 0.2) is 66.9 Å². The average molecular weight is 377 g/mol. The van der Waals surface area contributed by atoms with Gasteiger partial charge in [0.1, 0.15) is 29.1 Å². The molecule has 28 heavy (non-hydrogen) atoms. The fraction of sp³-hybridized carbons (Fsp3) is 0.261. The molecule has 5 heteroatoms.